The van der Waals surface area contributed by atoms with Gasteiger partial charge < -0.3 is 20.1 Å². The first-order chi connectivity index (χ1) is 13.6. The predicted molar refractivity (Wildman–Crippen MR) is 127 cm³/mol. The Labute approximate surface area is 190 Å². The molecule has 5 nitrogen and oxygen atoms in total. The van der Waals surface area contributed by atoms with Crippen molar-refractivity contribution < 1.29 is 13.9 Å². The number of methoxy groups -OCH3 is 1. The minimum atomic E-state index is -0.215. The van der Waals surface area contributed by atoms with E-state index in [1.807, 2.05) is 0 Å². The fourth-order valence-electron chi connectivity index (χ4n) is 2.70. The molecule has 160 valence electrons. The number of rotatable bonds is 10. The fraction of sp³-hybridized carbons (Fsp3) is 0.409. The lowest BCUT2D eigenvalue weighted by atomic mass is 10.1. The third-order valence-electron chi connectivity index (χ3n) is 4.26. The number of ether oxygens (including phenoxy) is 2. The topological polar surface area (TPSA) is 54.9 Å². The van der Waals surface area contributed by atoms with Crippen molar-refractivity contribution in [2.75, 3.05) is 33.9 Å². The largest absolute Gasteiger partial charge is 0.493 e. The van der Waals surface area contributed by atoms with E-state index in [-0.39, 0.29) is 29.8 Å². The Morgan fingerprint density at radius 2 is 1.83 bits per heavy atom. The lowest BCUT2D eigenvalue weighted by molar-refractivity contribution is 0.172. The number of hydrogen-bond donors (Lipinski definition) is 2. The smallest absolute Gasteiger partial charge is 0.191 e. The van der Waals surface area contributed by atoms with Crippen LogP contribution in [-0.4, -0.2) is 39.9 Å². The Bertz CT molecular complexity index is 754. The van der Waals surface area contributed by atoms with Gasteiger partial charge in [0.15, 0.2) is 5.96 Å². The monoisotopic (exact) mass is 515 g/mol. The third kappa shape index (κ3) is 9.45. The molecule has 0 aliphatic heterocycles. The van der Waals surface area contributed by atoms with Gasteiger partial charge in [0.1, 0.15) is 11.6 Å². The van der Waals surface area contributed by atoms with E-state index in [4.69, 9.17) is 9.47 Å². The molecule has 0 heterocycles. The average Bonchev–Trinajstić information content (AvgIpc) is 2.70. The minimum Gasteiger partial charge on any atom is -0.493 e. The van der Waals surface area contributed by atoms with Crippen LogP contribution in [0.2, 0.25) is 0 Å². The molecule has 2 rings (SSSR count). The van der Waals surface area contributed by atoms with Crippen LogP contribution in [0.3, 0.4) is 0 Å². The average molecular weight is 515 g/mol. The normalized spacial score (nSPS) is 11.0. The number of halogens is 2. The van der Waals surface area contributed by atoms with Gasteiger partial charge in [-0.1, -0.05) is 24.3 Å². The van der Waals surface area contributed by atoms with Gasteiger partial charge in [0.05, 0.1) is 6.61 Å². The fourth-order valence-corrected chi connectivity index (χ4v) is 2.70. The summed E-state index contributed by atoms with van der Waals surface area (Å²) in [6.07, 6.45) is 1.64. The Kier molecular flexibility index (Phi) is 12.3. The molecule has 0 fully saturated rings. The number of nitrogens with zero attached hydrogens (tertiary/aromatic N) is 1. The van der Waals surface area contributed by atoms with E-state index in [1.54, 1.807) is 26.3 Å². The van der Waals surface area contributed by atoms with Gasteiger partial charge in [0.2, 0.25) is 0 Å². The van der Waals surface area contributed by atoms with E-state index in [0.29, 0.717) is 32.3 Å². The van der Waals surface area contributed by atoms with Crippen LogP contribution in [0.5, 0.6) is 5.75 Å². The van der Waals surface area contributed by atoms with Crippen LogP contribution in [0.25, 0.3) is 0 Å². The van der Waals surface area contributed by atoms with Crippen molar-refractivity contribution in [2.24, 2.45) is 4.99 Å². The molecule has 2 aromatic carbocycles. The molecule has 0 aliphatic carbocycles. The van der Waals surface area contributed by atoms with Crippen molar-refractivity contribution in [2.45, 2.75) is 26.3 Å². The number of hydrogen-bond acceptors (Lipinski definition) is 3. The molecule has 7 heteroatoms. The maximum Gasteiger partial charge on any atom is 0.191 e. The highest BCUT2D eigenvalue weighted by Gasteiger charge is 2.06. The Morgan fingerprint density at radius 1 is 1.07 bits per heavy atom. The van der Waals surface area contributed by atoms with Crippen LogP contribution >= 0.6 is 24.0 Å². The number of aliphatic imine (C=N–C) groups is 1. The van der Waals surface area contributed by atoms with Crippen LogP contribution in [0, 0.1) is 12.7 Å². The van der Waals surface area contributed by atoms with Crippen LogP contribution in [0.15, 0.2) is 47.5 Å². The van der Waals surface area contributed by atoms with Crippen molar-refractivity contribution in [3.8, 4) is 5.75 Å². The van der Waals surface area contributed by atoms with Gasteiger partial charge in [-0.25, -0.2) is 4.39 Å². The molecular formula is C22H31FIN3O2. The summed E-state index contributed by atoms with van der Waals surface area (Å²) in [5.74, 6) is 1.38. The second-order valence-corrected chi connectivity index (χ2v) is 6.54. The summed E-state index contributed by atoms with van der Waals surface area (Å²) in [4.78, 5) is 4.26. The number of guanidine groups is 1. The van der Waals surface area contributed by atoms with E-state index in [0.717, 1.165) is 35.3 Å². The predicted octanol–water partition coefficient (Wildman–Crippen LogP) is 4.08. The first-order valence-electron chi connectivity index (χ1n) is 9.52. The molecule has 0 radical (unpaired) electrons. The zero-order chi connectivity index (χ0) is 20.2. The Hall–Kier alpha value is -1.87. The molecule has 0 aliphatic rings. The lowest BCUT2D eigenvalue weighted by Gasteiger charge is -2.15. The second kappa shape index (κ2) is 14.2. The SMILES string of the molecule is CN=C(NCCc1ccc(F)cc1)NCc1ccc(C)cc1OCCCOC.I. The summed E-state index contributed by atoms with van der Waals surface area (Å²) in [7, 11) is 3.43. The number of nitrogens with one attached hydrogen (secondary N) is 2. The molecule has 0 saturated heterocycles. The van der Waals surface area contributed by atoms with Gasteiger partial charge in [-0.3, -0.25) is 4.99 Å². The zero-order valence-corrected chi connectivity index (χ0v) is 19.7. The molecular weight excluding hydrogens is 484 g/mol. The van der Waals surface area contributed by atoms with Crippen LogP contribution in [-0.2, 0) is 17.7 Å². The lowest BCUT2D eigenvalue weighted by Crippen LogP contribution is -2.37. The summed E-state index contributed by atoms with van der Waals surface area (Å²) in [6, 6.07) is 12.7. The molecule has 0 bridgehead atoms. The van der Waals surface area contributed by atoms with Crippen molar-refractivity contribution in [3.05, 3.63) is 65.0 Å². The minimum absolute atomic E-state index is 0. The van der Waals surface area contributed by atoms with Crippen LogP contribution < -0.4 is 15.4 Å². The van der Waals surface area contributed by atoms with Gasteiger partial charge in [-0.15, -0.1) is 24.0 Å². The van der Waals surface area contributed by atoms with E-state index in [9.17, 15) is 4.39 Å². The summed E-state index contributed by atoms with van der Waals surface area (Å²) >= 11 is 0. The highest BCUT2D eigenvalue weighted by molar-refractivity contribution is 14.0. The van der Waals surface area contributed by atoms with E-state index < -0.39 is 0 Å². The molecule has 0 unspecified atom stereocenters. The van der Waals surface area contributed by atoms with Crippen molar-refractivity contribution in [1.82, 2.24) is 10.6 Å². The standard InChI is InChI=1S/C22H30FN3O2.HI/c1-17-5-8-19(21(15-17)28-14-4-13-27-3)16-26-22(24-2)25-12-11-18-6-9-20(23)10-7-18;/h5-10,15H,4,11-14,16H2,1-3H3,(H2,24,25,26);1H. The molecule has 2 N–H and O–H groups in total. The first kappa shape index (κ1) is 25.2. The zero-order valence-electron chi connectivity index (χ0n) is 17.3. The first-order valence-corrected chi connectivity index (χ1v) is 9.52. The molecule has 2 aromatic rings. The van der Waals surface area contributed by atoms with Gasteiger partial charge in [0, 0.05) is 45.8 Å². The molecule has 0 saturated carbocycles. The van der Waals surface area contributed by atoms with Crippen molar-refractivity contribution >= 4 is 29.9 Å². The van der Waals surface area contributed by atoms with Gasteiger partial charge >= 0.3 is 0 Å². The van der Waals surface area contributed by atoms with Crippen LogP contribution in [0.4, 0.5) is 4.39 Å². The summed E-state index contributed by atoms with van der Waals surface area (Å²) < 4.78 is 24.0. The van der Waals surface area contributed by atoms with Crippen molar-refractivity contribution in [3.63, 3.8) is 0 Å². The summed E-state index contributed by atoms with van der Waals surface area (Å²) in [5, 5.41) is 6.60. The number of aryl methyl sites for hydroxylation is 1. The maximum absolute atomic E-state index is 13.0. The molecule has 0 spiro atoms. The summed E-state index contributed by atoms with van der Waals surface area (Å²) in [6.45, 7) is 4.67. The van der Waals surface area contributed by atoms with E-state index in [1.165, 1.54) is 12.1 Å². The molecule has 0 aromatic heterocycles. The van der Waals surface area contributed by atoms with Crippen LogP contribution in [0.1, 0.15) is 23.1 Å². The van der Waals surface area contributed by atoms with Gasteiger partial charge in [0.25, 0.3) is 0 Å². The molecule has 29 heavy (non-hydrogen) atoms. The van der Waals surface area contributed by atoms with Gasteiger partial charge in [-0.2, -0.15) is 0 Å². The van der Waals surface area contributed by atoms with E-state index >= 15 is 0 Å². The Morgan fingerprint density at radius 3 is 2.52 bits per heavy atom. The molecule has 0 amide bonds. The second-order valence-electron chi connectivity index (χ2n) is 6.54. The van der Waals surface area contributed by atoms with Gasteiger partial charge in [-0.05, 0) is 42.7 Å². The molecule has 0 atom stereocenters. The Balaban J connectivity index is 0.00000420. The highest BCUT2D eigenvalue weighted by atomic mass is 127. The van der Waals surface area contributed by atoms with Crippen molar-refractivity contribution in [1.29, 1.82) is 0 Å². The third-order valence-corrected chi connectivity index (χ3v) is 4.26. The maximum atomic E-state index is 13.0. The van der Waals surface area contributed by atoms with E-state index in [2.05, 4.69) is 40.7 Å². The summed E-state index contributed by atoms with van der Waals surface area (Å²) in [5.41, 5.74) is 3.31. The highest BCUT2D eigenvalue weighted by Crippen LogP contribution is 2.20. The quantitative estimate of drug-likeness (QED) is 0.217. The number of benzene rings is 2.